The number of carboxylic acid groups (broad SMARTS) is 1. The van der Waals surface area contributed by atoms with Crippen molar-refractivity contribution >= 4 is 15.8 Å². The minimum Gasteiger partial charge on any atom is -0.475 e. The molecule has 88 valence electrons. The number of aromatic carboxylic acids is 1. The van der Waals surface area contributed by atoms with Crippen molar-refractivity contribution in [2.24, 2.45) is 0 Å². The lowest BCUT2D eigenvalue weighted by Crippen LogP contribution is -2.01. The second-order valence-electron chi connectivity index (χ2n) is 3.11. The van der Waals surface area contributed by atoms with Gasteiger partial charge in [-0.15, -0.1) is 0 Å². The molecule has 0 saturated heterocycles. The Labute approximate surface area is 96.4 Å². The summed E-state index contributed by atoms with van der Waals surface area (Å²) in [4.78, 5) is 14.0. The second-order valence-corrected chi connectivity index (χ2v) is 4.94. The van der Waals surface area contributed by atoms with E-state index >= 15 is 0 Å². The number of benzene rings is 1. The molecule has 2 aromatic rings. The first kappa shape index (κ1) is 11.3. The van der Waals surface area contributed by atoms with Crippen LogP contribution in [-0.2, 0) is 9.84 Å². The quantitative estimate of drug-likeness (QED) is 0.882. The molecule has 0 fully saturated rings. The standard InChI is InChI=1S/C10H7NO5S/c12-9(13)8-6-11-10(16-8)17(14,15)7-4-2-1-3-5-7/h1-6H,(H,12,13). The zero-order valence-corrected chi connectivity index (χ0v) is 9.22. The minimum atomic E-state index is -3.89. The number of carboxylic acids is 1. The van der Waals surface area contributed by atoms with Gasteiger partial charge in [-0.05, 0) is 12.1 Å². The molecule has 1 heterocycles. The lowest BCUT2D eigenvalue weighted by atomic mass is 10.4. The van der Waals surface area contributed by atoms with Crippen molar-refractivity contribution in [1.82, 2.24) is 4.98 Å². The number of aromatic nitrogens is 1. The van der Waals surface area contributed by atoms with Gasteiger partial charge in [-0.2, -0.15) is 0 Å². The summed E-state index contributed by atoms with van der Waals surface area (Å²) in [7, 11) is -3.89. The average Bonchev–Trinajstić information content (AvgIpc) is 2.80. The van der Waals surface area contributed by atoms with Gasteiger partial charge in [-0.25, -0.2) is 18.2 Å². The van der Waals surface area contributed by atoms with Gasteiger partial charge in [-0.3, -0.25) is 0 Å². The number of carbonyl (C=O) groups is 1. The van der Waals surface area contributed by atoms with Crippen LogP contribution in [0.2, 0.25) is 0 Å². The highest BCUT2D eigenvalue weighted by Crippen LogP contribution is 2.19. The molecule has 7 heteroatoms. The highest BCUT2D eigenvalue weighted by Gasteiger charge is 2.24. The molecule has 1 N–H and O–H groups in total. The fraction of sp³-hybridized carbons (Fsp3) is 0. The summed E-state index contributed by atoms with van der Waals surface area (Å²) in [5.74, 6) is -1.88. The van der Waals surface area contributed by atoms with Gasteiger partial charge in [0.05, 0.1) is 11.1 Å². The van der Waals surface area contributed by atoms with Gasteiger partial charge in [-0.1, -0.05) is 18.2 Å². The Morgan fingerprint density at radius 1 is 1.24 bits per heavy atom. The van der Waals surface area contributed by atoms with Crippen molar-refractivity contribution in [3.63, 3.8) is 0 Å². The zero-order valence-electron chi connectivity index (χ0n) is 8.40. The first-order valence-electron chi connectivity index (χ1n) is 4.51. The number of nitrogens with zero attached hydrogens (tertiary/aromatic N) is 1. The maximum Gasteiger partial charge on any atom is 0.373 e. The number of sulfone groups is 1. The van der Waals surface area contributed by atoms with E-state index in [4.69, 9.17) is 5.11 Å². The van der Waals surface area contributed by atoms with Crippen LogP contribution in [0.3, 0.4) is 0 Å². The van der Waals surface area contributed by atoms with Gasteiger partial charge in [0.25, 0.3) is 9.84 Å². The maximum absolute atomic E-state index is 11.9. The van der Waals surface area contributed by atoms with Crippen molar-refractivity contribution in [2.45, 2.75) is 10.1 Å². The molecule has 0 saturated carbocycles. The van der Waals surface area contributed by atoms with Crippen LogP contribution in [0, 0.1) is 0 Å². The van der Waals surface area contributed by atoms with E-state index in [1.165, 1.54) is 12.1 Å². The number of oxazole rings is 1. The second kappa shape index (κ2) is 4.02. The van der Waals surface area contributed by atoms with E-state index in [1.807, 2.05) is 0 Å². The summed E-state index contributed by atoms with van der Waals surface area (Å²) in [6.07, 6.45) is 0.859. The fourth-order valence-electron chi connectivity index (χ4n) is 1.18. The van der Waals surface area contributed by atoms with Crippen molar-refractivity contribution in [1.29, 1.82) is 0 Å². The van der Waals surface area contributed by atoms with Crippen LogP contribution < -0.4 is 0 Å². The average molecular weight is 253 g/mol. The number of hydrogen-bond donors (Lipinski definition) is 1. The molecule has 0 amide bonds. The number of rotatable bonds is 3. The van der Waals surface area contributed by atoms with Gasteiger partial charge in [0.2, 0.25) is 5.76 Å². The maximum atomic E-state index is 11.9. The molecule has 0 bridgehead atoms. The van der Waals surface area contributed by atoms with Gasteiger partial charge >= 0.3 is 11.2 Å². The summed E-state index contributed by atoms with van der Waals surface area (Å²) >= 11 is 0. The Bertz CT molecular complexity index is 644. The summed E-state index contributed by atoms with van der Waals surface area (Å²) < 4.78 is 28.5. The van der Waals surface area contributed by atoms with E-state index in [0.29, 0.717) is 0 Å². The summed E-state index contributed by atoms with van der Waals surface area (Å²) in [5.41, 5.74) is 0. The summed E-state index contributed by atoms with van der Waals surface area (Å²) in [6, 6.07) is 7.51. The van der Waals surface area contributed by atoms with Crippen LogP contribution >= 0.6 is 0 Å². The zero-order chi connectivity index (χ0) is 12.5. The SMILES string of the molecule is O=C(O)c1cnc(S(=O)(=O)c2ccccc2)o1. The van der Waals surface area contributed by atoms with Gasteiger partial charge < -0.3 is 9.52 Å². The Morgan fingerprint density at radius 2 is 1.88 bits per heavy atom. The molecule has 0 aliphatic heterocycles. The molecule has 2 rings (SSSR count). The first-order valence-corrected chi connectivity index (χ1v) is 5.99. The molecule has 0 unspecified atom stereocenters. The largest absolute Gasteiger partial charge is 0.475 e. The van der Waals surface area contributed by atoms with Crippen LogP contribution in [0.15, 0.2) is 51.1 Å². The van der Waals surface area contributed by atoms with E-state index in [1.54, 1.807) is 18.2 Å². The third kappa shape index (κ3) is 2.04. The minimum absolute atomic E-state index is 0.00112. The lowest BCUT2D eigenvalue weighted by Gasteiger charge is -1.98. The predicted molar refractivity (Wildman–Crippen MR) is 55.4 cm³/mol. The predicted octanol–water partition coefficient (Wildman–Crippen LogP) is 1.21. The molecular weight excluding hydrogens is 246 g/mol. The first-order chi connectivity index (χ1) is 8.01. The van der Waals surface area contributed by atoms with E-state index in [2.05, 4.69) is 9.40 Å². The van der Waals surface area contributed by atoms with Crippen molar-refractivity contribution in [3.05, 3.63) is 42.3 Å². The smallest absolute Gasteiger partial charge is 0.373 e. The third-order valence-electron chi connectivity index (χ3n) is 1.98. The van der Waals surface area contributed by atoms with Crippen LogP contribution in [0.4, 0.5) is 0 Å². The summed E-state index contributed by atoms with van der Waals surface area (Å²) in [5, 5.41) is 7.98. The Kier molecular flexibility index (Phi) is 2.68. The topological polar surface area (TPSA) is 97.5 Å². The lowest BCUT2D eigenvalue weighted by molar-refractivity contribution is 0.0656. The van der Waals surface area contributed by atoms with E-state index in [9.17, 15) is 13.2 Å². The molecule has 17 heavy (non-hydrogen) atoms. The normalized spacial score (nSPS) is 11.3. The van der Waals surface area contributed by atoms with Crippen molar-refractivity contribution < 1.29 is 22.7 Å². The molecule has 0 radical (unpaired) electrons. The number of hydrogen-bond acceptors (Lipinski definition) is 5. The van der Waals surface area contributed by atoms with Crippen molar-refractivity contribution in [2.75, 3.05) is 0 Å². The highest BCUT2D eigenvalue weighted by atomic mass is 32.2. The monoisotopic (exact) mass is 253 g/mol. The van der Waals surface area contributed by atoms with E-state index in [0.717, 1.165) is 6.20 Å². The van der Waals surface area contributed by atoms with Crippen LogP contribution in [0.1, 0.15) is 10.6 Å². The fourth-order valence-corrected chi connectivity index (χ4v) is 2.29. The molecule has 1 aromatic carbocycles. The van der Waals surface area contributed by atoms with Gasteiger partial charge in [0.1, 0.15) is 0 Å². The molecule has 0 aliphatic rings. The van der Waals surface area contributed by atoms with Crippen LogP contribution in [0.25, 0.3) is 0 Å². The molecule has 0 atom stereocenters. The van der Waals surface area contributed by atoms with Crippen molar-refractivity contribution in [3.8, 4) is 0 Å². The van der Waals surface area contributed by atoms with Crippen LogP contribution in [0.5, 0.6) is 0 Å². The van der Waals surface area contributed by atoms with Gasteiger partial charge in [0, 0.05) is 0 Å². The molecular formula is C10H7NO5S. The molecule has 0 aliphatic carbocycles. The molecule has 0 spiro atoms. The van der Waals surface area contributed by atoms with Gasteiger partial charge in [0.15, 0.2) is 0 Å². The molecule has 1 aromatic heterocycles. The molecule has 6 nitrogen and oxygen atoms in total. The summed E-state index contributed by atoms with van der Waals surface area (Å²) in [6.45, 7) is 0. The Morgan fingerprint density at radius 3 is 2.41 bits per heavy atom. The van der Waals surface area contributed by atoms with E-state index < -0.39 is 26.8 Å². The Balaban J connectivity index is 2.49. The highest BCUT2D eigenvalue weighted by molar-refractivity contribution is 7.91. The third-order valence-corrected chi connectivity index (χ3v) is 3.52. The van der Waals surface area contributed by atoms with Crippen LogP contribution in [-0.4, -0.2) is 24.5 Å². The Hall–Kier alpha value is -2.15. The van der Waals surface area contributed by atoms with E-state index in [-0.39, 0.29) is 4.90 Å².